The fourth-order valence-corrected chi connectivity index (χ4v) is 1.24. The van der Waals surface area contributed by atoms with Crippen LogP contribution in [0.2, 0.25) is 0 Å². The third-order valence-electron chi connectivity index (χ3n) is 2.18. The molecule has 1 amide bonds. The normalized spacial score (nSPS) is 9.72. The number of carbonyl (C=O) groups is 1. The first kappa shape index (κ1) is 13.8. The van der Waals surface area contributed by atoms with Gasteiger partial charge in [0.25, 0.3) is 11.6 Å². The molecule has 18 heavy (non-hydrogen) atoms. The number of benzene rings is 1. The van der Waals surface area contributed by atoms with Crippen LogP contribution in [0.5, 0.6) is 0 Å². The number of nitro groups is 1. The zero-order chi connectivity index (χ0) is 13.7. The van der Waals surface area contributed by atoms with Crippen molar-refractivity contribution in [3.05, 3.63) is 51.3 Å². The highest BCUT2D eigenvalue weighted by Crippen LogP contribution is 2.16. The minimum atomic E-state index is -0.782. The smallest absolute Gasteiger partial charge is 0.270 e. The van der Waals surface area contributed by atoms with Crippen molar-refractivity contribution >= 4 is 11.6 Å². The van der Waals surface area contributed by atoms with E-state index in [0.717, 1.165) is 23.8 Å². The fraction of sp³-hybridized carbons (Fsp3) is 0.250. The van der Waals surface area contributed by atoms with Crippen LogP contribution in [-0.2, 0) is 0 Å². The summed E-state index contributed by atoms with van der Waals surface area (Å²) in [6.07, 6.45) is 1.76. The Kier molecular flexibility index (Phi) is 4.53. The molecule has 5 nitrogen and oxygen atoms in total. The van der Waals surface area contributed by atoms with E-state index in [-0.39, 0.29) is 17.8 Å². The molecule has 1 aromatic carbocycles. The summed E-state index contributed by atoms with van der Waals surface area (Å²) in [6.45, 7) is 3.98. The largest absolute Gasteiger partial charge is 0.348 e. The average Bonchev–Trinajstić information content (AvgIpc) is 2.28. The Bertz CT molecular complexity index is 508. The molecule has 0 aromatic heterocycles. The van der Waals surface area contributed by atoms with E-state index in [1.54, 1.807) is 6.08 Å². The summed E-state index contributed by atoms with van der Waals surface area (Å²) >= 11 is 0. The SMILES string of the molecule is CC(C)=CCNC(=O)c1cc([N+](=O)[O-])ccc1F. The van der Waals surface area contributed by atoms with Crippen LogP contribution >= 0.6 is 0 Å². The lowest BCUT2D eigenvalue weighted by Crippen LogP contribution is -2.24. The van der Waals surface area contributed by atoms with Gasteiger partial charge in [-0.05, 0) is 19.9 Å². The van der Waals surface area contributed by atoms with Crippen LogP contribution in [0, 0.1) is 15.9 Å². The van der Waals surface area contributed by atoms with E-state index < -0.39 is 16.6 Å². The maximum Gasteiger partial charge on any atom is 0.270 e. The highest BCUT2D eigenvalue weighted by atomic mass is 19.1. The Hall–Kier alpha value is -2.24. The third-order valence-corrected chi connectivity index (χ3v) is 2.18. The molecule has 0 radical (unpaired) electrons. The fourth-order valence-electron chi connectivity index (χ4n) is 1.24. The second-order valence-electron chi connectivity index (χ2n) is 3.91. The van der Waals surface area contributed by atoms with Gasteiger partial charge in [-0.2, -0.15) is 0 Å². The highest BCUT2D eigenvalue weighted by Gasteiger charge is 2.16. The molecule has 6 heteroatoms. The van der Waals surface area contributed by atoms with Crippen LogP contribution in [0.4, 0.5) is 10.1 Å². The topological polar surface area (TPSA) is 72.2 Å². The molecule has 0 aliphatic carbocycles. The van der Waals surface area contributed by atoms with Gasteiger partial charge < -0.3 is 5.32 Å². The summed E-state index contributed by atoms with van der Waals surface area (Å²) in [5, 5.41) is 13.0. The number of rotatable bonds is 4. The van der Waals surface area contributed by atoms with Crippen molar-refractivity contribution in [1.29, 1.82) is 0 Å². The zero-order valence-corrected chi connectivity index (χ0v) is 10.1. The summed E-state index contributed by atoms with van der Waals surface area (Å²) in [7, 11) is 0. The summed E-state index contributed by atoms with van der Waals surface area (Å²) < 4.78 is 13.4. The van der Waals surface area contributed by atoms with E-state index in [9.17, 15) is 19.3 Å². The quantitative estimate of drug-likeness (QED) is 0.508. The van der Waals surface area contributed by atoms with Gasteiger partial charge in [-0.25, -0.2) is 4.39 Å². The number of carbonyl (C=O) groups excluding carboxylic acids is 1. The van der Waals surface area contributed by atoms with Crippen molar-refractivity contribution in [3.8, 4) is 0 Å². The second kappa shape index (κ2) is 5.90. The third kappa shape index (κ3) is 3.65. The number of halogens is 1. The molecule has 0 aliphatic heterocycles. The number of nitrogens with one attached hydrogen (secondary N) is 1. The lowest BCUT2D eigenvalue weighted by Gasteiger charge is -2.04. The van der Waals surface area contributed by atoms with Crippen molar-refractivity contribution in [3.63, 3.8) is 0 Å². The number of non-ortho nitro benzene ring substituents is 1. The van der Waals surface area contributed by atoms with E-state index in [4.69, 9.17) is 0 Å². The van der Waals surface area contributed by atoms with Crippen molar-refractivity contribution < 1.29 is 14.1 Å². The van der Waals surface area contributed by atoms with E-state index in [2.05, 4.69) is 5.32 Å². The molecule has 0 aliphatic rings. The van der Waals surface area contributed by atoms with Crippen LogP contribution in [0.15, 0.2) is 29.8 Å². The second-order valence-corrected chi connectivity index (χ2v) is 3.91. The van der Waals surface area contributed by atoms with E-state index >= 15 is 0 Å². The number of amides is 1. The summed E-state index contributed by atoms with van der Waals surface area (Å²) in [5.41, 5.74) is 0.366. The summed E-state index contributed by atoms with van der Waals surface area (Å²) in [4.78, 5) is 21.5. The number of allylic oxidation sites excluding steroid dienone is 1. The first-order valence-electron chi connectivity index (χ1n) is 5.27. The van der Waals surface area contributed by atoms with Gasteiger partial charge in [0.1, 0.15) is 5.82 Å². The number of nitro benzene ring substituents is 1. The van der Waals surface area contributed by atoms with Gasteiger partial charge in [0, 0.05) is 18.7 Å². The van der Waals surface area contributed by atoms with Crippen LogP contribution in [0.25, 0.3) is 0 Å². The first-order valence-corrected chi connectivity index (χ1v) is 5.27. The van der Waals surface area contributed by atoms with Gasteiger partial charge in [-0.15, -0.1) is 0 Å². The van der Waals surface area contributed by atoms with Gasteiger partial charge >= 0.3 is 0 Å². The van der Waals surface area contributed by atoms with Crippen LogP contribution < -0.4 is 5.32 Å². The molecule has 0 atom stereocenters. The molecule has 0 saturated carbocycles. The van der Waals surface area contributed by atoms with Gasteiger partial charge in [-0.1, -0.05) is 11.6 Å². The zero-order valence-electron chi connectivity index (χ0n) is 10.1. The molecule has 0 bridgehead atoms. The Morgan fingerprint density at radius 1 is 1.50 bits per heavy atom. The molecule has 0 unspecified atom stereocenters. The minimum Gasteiger partial charge on any atom is -0.348 e. The monoisotopic (exact) mass is 252 g/mol. The summed E-state index contributed by atoms with van der Waals surface area (Å²) in [5.74, 6) is -1.45. The lowest BCUT2D eigenvalue weighted by atomic mass is 10.1. The molecule has 1 N–H and O–H groups in total. The van der Waals surface area contributed by atoms with Crippen molar-refractivity contribution in [2.75, 3.05) is 6.54 Å². The predicted molar refractivity (Wildman–Crippen MR) is 64.8 cm³/mol. The summed E-state index contributed by atoms with van der Waals surface area (Å²) in [6, 6.07) is 2.85. The van der Waals surface area contributed by atoms with Crippen molar-refractivity contribution in [2.24, 2.45) is 0 Å². The number of hydrogen-bond acceptors (Lipinski definition) is 3. The first-order chi connectivity index (χ1) is 8.41. The Morgan fingerprint density at radius 3 is 2.72 bits per heavy atom. The van der Waals surface area contributed by atoms with Crippen molar-refractivity contribution in [2.45, 2.75) is 13.8 Å². The Balaban J connectivity index is 2.88. The van der Waals surface area contributed by atoms with E-state index in [1.807, 2.05) is 13.8 Å². The maximum atomic E-state index is 13.4. The molecule has 0 spiro atoms. The standard InChI is InChI=1S/C12H13FN2O3/c1-8(2)5-6-14-12(16)10-7-9(15(17)18)3-4-11(10)13/h3-5,7H,6H2,1-2H3,(H,14,16). The Morgan fingerprint density at radius 2 is 2.17 bits per heavy atom. The van der Waals surface area contributed by atoms with Crippen LogP contribution in [0.3, 0.4) is 0 Å². The number of nitrogens with zero attached hydrogens (tertiary/aromatic N) is 1. The molecule has 96 valence electrons. The van der Waals surface area contributed by atoms with Crippen LogP contribution in [0.1, 0.15) is 24.2 Å². The Labute approximate surface area is 103 Å². The number of hydrogen-bond donors (Lipinski definition) is 1. The van der Waals surface area contributed by atoms with Gasteiger partial charge in [-0.3, -0.25) is 14.9 Å². The highest BCUT2D eigenvalue weighted by molar-refractivity contribution is 5.95. The van der Waals surface area contributed by atoms with Gasteiger partial charge in [0.05, 0.1) is 10.5 Å². The molecule has 0 saturated heterocycles. The molecule has 1 rings (SSSR count). The average molecular weight is 252 g/mol. The van der Waals surface area contributed by atoms with Crippen molar-refractivity contribution in [1.82, 2.24) is 5.32 Å². The molecule has 0 heterocycles. The minimum absolute atomic E-state index is 0.253. The van der Waals surface area contributed by atoms with Crippen LogP contribution in [-0.4, -0.2) is 17.4 Å². The molecule has 0 fully saturated rings. The predicted octanol–water partition coefficient (Wildman–Crippen LogP) is 2.43. The van der Waals surface area contributed by atoms with Gasteiger partial charge in [0.15, 0.2) is 0 Å². The van der Waals surface area contributed by atoms with E-state index in [1.165, 1.54) is 0 Å². The van der Waals surface area contributed by atoms with Gasteiger partial charge in [0.2, 0.25) is 0 Å². The maximum absolute atomic E-state index is 13.4. The van der Waals surface area contributed by atoms with E-state index in [0.29, 0.717) is 0 Å². The molecule has 1 aromatic rings. The molecular weight excluding hydrogens is 239 g/mol. The lowest BCUT2D eigenvalue weighted by molar-refractivity contribution is -0.384. The molecular formula is C12H13FN2O3.